The molecule has 2 N–H and O–H groups in total. The third kappa shape index (κ3) is 3.24. The minimum Gasteiger partial charge on any atom is -0.356 e. The first-order chi connectivity index (χ1) is 11.1. The molecule has 0 amide bonds. The van der Waals surface area contributed by atoms with E-state index < -0.39 is 0 Å². The summed E-state index contributed by atoms with van der Waals surface area (Å²) in [4.78, 5) is 0. The van der Waals surface area contributed by atoms with Crippen LogP contribution in [0.4, 0.5) is 0 Å². The molecule has 0 saturated heterocycles. The number of halogens is 1. The van der Waals surface area contributed by atoms with E-state index in [-0.39, 0.29) is 5.54 Å². The first-order valence-electron chi connectivity index (χ1n) is 8.48. The van der Waals surface area contributed by atoms with E-state index in [2.05, 4.69) is 15.8 Å². The number of hydrazone groups is 1. The molecule has 3 nitrogen and oxygen atoms in total. The van der Waals surface area contributed by atoms with Crippen LogP contribution in [-0.2, 0) is 0 Å². The van der Waals surface area contributed by atoms with E-state index >= 15 is 0 Å². The Bertz CT molecular complexity index is 608. The topological polar surface area (TPSA) is 36.4 Å². The molecule has 4 fully saturated rings. The van der Waals surface area contributed by atoms with Crippen LogP contribution in [0.2, 0.25) is 5.02 Å². The summed E-state index contributed by atoms with van der Waals surface area (Å²) < 4.78 is 0. The standard InChI is InChI=1S/C18H22ClN3S/c19-16-4-2-1-3-15(16)11-20-22-17(23)21-18-8-12-5-13(9-18)7-14(6-12)10-18/h1-4,11-14H,5-10H2,(H2,21,22,23)/b20-11+. The number of nitrogens with one attached hydrogen (secondary N) is 2. The smallest absolute Gasteiger partial charge is 0.187 e. The maximum absolute atomic E-state index is 6.12. The van der Waals surface area contributed by atoms with Crippen LogP contribution in [0.25, 0.3) is 0 Å². The van der Waals surface area contributed by atoms with Gasteiger partial charge in [0.1, 0.15) is 0 Å². The van der Waals surface area contributed by atoms with Gasteiger partial charge in [-0.15, -0.1) is 0 Å². The van der Waals surface area contributed by atoms with E-state index in [9.17, 15) is 0 Å². The van der Waals surface area contributed by atoms with Crippen molar-refractivity contribution < 1.29 is 0 Å². The van der Waals surface area contributed by atoms with Crippen LogP contribution in [-0.4, -0.2) is 16.9 Å². The summed E-state index contributed by atoms with van der Waals surface area (Å²) in [6, 6.07) is 7.64. The van der Waals surface area contributed by atoms with Crippen LogP contribution in [0.15, 0.2) is 29.4 Å². The zero-order valence-electron chi connectivity index (χ0n) is 13.1. The van der Waals surface area contributed by atoms with Crippen LogP contribution in [0, 0.1) is 17.8 Å². The highest BCUT2D eigenvalue weighted by molar-refractivity contribution is 7.80. The molecule has 1 aromatic rings. The third-order valence-electron chi connectivity index (χ3n) is 5.69. The molecule has 5 heteroatoms. The molecule has 0 aromatic heterocycles. The quantitative estimate of drug-likeness (QED) is 0.491. The Hall–Kier alpha value is -1.13. The van der Waals surface area contributed by atoms with Crippen LogP contribution in [0.3, 0.4) is 0 Å². The predicted octanol–water partition coefficient (Wildman–Crippen LogP) is 4.11. The highest BCUT2D eigenvalue weighted by Crippen LogP contribution is 2.55. The molecule has 0 radical (unpaired) electrons. The lowest BCUT2D eigenvalue weighted by Gasteiger charge is -2.57. The lowest BCUT2D eigenvalue weighted by atomic mass is 9.53. The molecule has 23 heavy (non-hydrogen) atoms. The summed E-state index contributed by atoms with van der Waals surface area (Å²) >= 11 is 11.6. The Morgan fingerprint density at radius 1 is 1.13 bits per heavy atom. The van der Waals surface area contributed by atoms with Gasteiger partial charge in [0, 0.05) is 16.1 Å². The second-order valence-electron chi connectivity index (χ2n) is 7.54. The zero-order chi connectivity index (χ0) is 15.9. The van der Waals surface area contributed by atoms with Gasteiger partial charge in [0.15, 0.2) is 5.11 Å². The van der Waals surface area contributed by atoms with Gasteiger partial charge in [-0.25, -0.2) is 0 Å². The van der Waals surface area contributed by atoms with E-state index in [1.165, 1.54) is 38.5 Å². The van der Waals surface area contributed by atoms with Gasteiger partial charge in [-0.3, -0.25) is 5.43 Å². The maximum Gasteiger partial charge on any atom is 0.187 e. The van der Waals surface area contributed by atoms with Crippen molar-refractivity contribution in [1.29, 1.82) is 0 Å². The van der Waals surface area contributed by atoms with Crippen molar-refractivity contribution in [2.75, 3.05) is 0 Å². The highest BCUT2D eigenvalue weighted by atomic mass is 35.5. The molecular formula is C18H22ClN3S. The van der Waals surface area contributed by atoms with Gasteiger partial charge in [0.05, 0.1) is 6.21 Å². The molecule has 4 aliphatic carbocycles. The number of hydrogen-bond acceptors (Lipinski definition) is 2. The van der Waals surface area contributed by atoms with E-state index in [1.54, 1.807) is 6.21 Å². The Kier molecular flexibility index (Phi) is 4.06. The molecule has 0 aliphatic heterocycles. The van der Waals surface area contributed by atoms with E-state index in [0.29, 0.717) is 10.1 Å². The number of nitrogens with zero attached hydrogens (tertiary/aromatic N) is 1. The minimum absolute atomic E-state index is 0.221. The molecule has 4 bridgehead atoms. The average Bonchev–Trinajstić information content (AvgIpc) is 2.47. The molecule has 4 aliphatic rings. The van der Waals surface area contributed by atoms with Gasteiger partial charge >= 0.3 is 0 Å². The van der Waals surface area contributed by atoms with E-state index in [4.69, 9.17) is 23.8 Å². The van der Waals surface area contributed by atoms with Crippen molar-refractivity contribution in [2.45, 2.75) is 44.1 Å². The Morgan fingerprint density at radius 3 is 2.35 bits per heavy atom. The molecule has 0 atom stereocenters. The summed E-state index contributed by atoms with van der Waals surface area (Å²) in [7, 11) is 0. The van der Waals surface area contributed by atoms with Gasteiger partial charge in [-0.1, -0.05) is 29.8 Å². The fraction of sp³-hybridized carbons (Fsp3) is 0.556. The number of thiocarbonyl (C=S) groups is 1. The van der Waals surface area contributed by atoms with Crippen LogP contribution in [0.5, 0.6) is 0 Å². The van der Waals surface area contributed by atoms with E-state index in [1.807, 2.05) is 24.3 Å². The van der Waals surface area contributed by atoms with Crippen molar-refractivity contribution in [3.63, 3.8) is 0 Å². The summed E-state index contributed by atoms with van der Waals surface area (Å²) in [6.07, 6.45) is 9.85. The normalized spacial score (nSPS) is 34.7. The SMILES string of the molecule is S=C(N/N=C/c1ccccc1Cl)NC12CC3CC(CC(C3)C1)C2. The summed E-state index contributed by atoms with van der Waals surface area (Å²) in [5.74, 6) is 2.72. The molecular weight excluding hydrogens is 326 g/mol. The predicted molar refractivity (Wildman–Crippen MR) is 98.8 cm³/mol. The van der Waals surface area contributed by atoms with Crippen LogP contribution >= 0.6 is 23.8 Å². The molecule has 5 rings (SSSR count). The Morgan fingerprint density at radius 2 is 1.74 bits per heavy atom. The largest absolute Gasteiger partial charge is 0.356 e. The monoisotopic (exact) mass is 347 g/mol. The third-order valence-corrected chi connectivity index (χ3v) is 6.23. The molecule has 4 saturated carbocycles. The summed E-state index contributed by atoms with van der Waals surface area (Å²) in [5.41, 5.74) is 4.07. The van der Waals surface area contributed by atoms with Crippen molar-refractivity contribution in [2.24, 2.45) is 22.9 Å². The van der Waals surface area contributed by atoms with Gasteiger partial charge in [0.25, 0.3) is 0 Å². The van der Waals surface area contributed by atoms with Crippen molar-refractivity contribution in [3.05, 3.63) is 34.9 Å². The summed E-state index contributed by atoms with van der Waals surface area (Å²) in [6.45, 7) is 0. The Labute approximate surface area is 147 Å². The maximum atomic E-state index is 6.12. The van der Waals surface area contributed by atoms with Crippen LogP contribution in [0.1, 0.15) is 44.1 Å². The van der Waals surface area contributed by atoms with Crippen LogP contribution < -0.4 is 10.7 Å². The lowest BCUT2D eigenvalue weighted by molar-refractivity contribution is -0.0101. The molecule has 1 aromatic carbocycles. The number of rotatable bonds is 3. The number of benzene rings is 1. The summed E-state index contributed by atoms with van der Waals surface area (Å²) in [5, 5.41) is 9.16. The molecule has 122 valence electrons. The van der Waals surface area contributed by atoms with E-state index in [0.717, 1.165) is 23.3 Å². The second-order valence-corrected chi connectivity index (χ2v) is 8.36. The molecule has 0 spiro atoms. The lowest BCUT2D eigenvalue weighted by Crippen LogP contribution is -2.61. The van der Waals surface area contributed by atoms with Crippen molar-refractivity contribution in [3.8, 4) is 0 Å². The van der Waals surface area contributed by atoms with Crippen molar-refractivity contribution >= 4 is 35.1 Å². The Balaban J connectivity index is 1.36. The minimum atomic E-state index is 0.221. The van der Waals surface area contributed by atoms with Gasteiger partial charge in [0.2, 0.25) is 0 Å². The molecule has 0 heterocycles. The van der Waals surface area contributed by atoms with Crippen molar-refractivity contribution in [1.82, 2.24) is 10.7 Å². The van der Waals surface area contributed by atoms with Gasteiger partial charge in [-0.2, -0.15) is 5.10 Å². The van der Waals surface area contributed by atoms with Gasteiger partial charge < -0.3 is 5.32 Å². The van der Waals surface area contributed by atoms with Gasteiger partial charge in [-0.05, 0) is 74.6 Å². The number of hydrogen-bond donors (Lipinski definition) is 2. The fourth-order valence-corrected chi connectivity index (χ4v) is 5.73. The second kappa shape index (κ2) is 6.06. The average molecular weight is 348 g/mol. The first-order valence-corrected chi connectivity index (χ1v) is 9.26. The first kappa shape index (κ1) is 15.4. The molecule has 0 unspecified atom stereocenters. The fourth-order valence-electron chi connectivity index (χ4n) is 5.27. The zero-order valence-corrected chi connectivity index (χ0v) is 14.7. The highest BCUT2D eigenvalue weighted by Gasteiger charge is 2.51.